The van der Waals surface area contributed by atoms with Crippen LogP contribution in [-0.2, 0) is 4.79 Å². The summed E-state index contributed by atoms with van der Waals surface area (Å²) in [4.78, 5) is 32.0. The van der Waals surface area contributed by atoms with E-state index in [0.29, 0.717) is 25.2 Å². The van der Waals surface area contributed by atoms with Gasteiger partial charge in [0.25, 0.3) is 5.91 Å². The van der Waals surface area contributed by atoms with Crippen molar-refractivity contribution >= 4 is 23.2 Å². The minimum atomic E-state index is 0.0420. The van der Waals surface area contributed by atoms with E-state index in [1.165, 1.54) is 17.5 Å². The van der Waals surface area contributed by atoms with E-state index >= 15 is 0 Å². The smallest absolute Gasteiger partial charge is 0.256 e. The molecule has 0 saturated carbocycles. The summed E-state index contributed by atoms with van der Waals surface area (Å²) in [6.07, 6.45) is 3.46. The molecule has 2 aliphatic rings. The van der Waals surface area contributed by atoms with Gasteiger partial charge in [-0.3, -0.25) is 14.5 Å². The molecule has 6 heteroatoms. The highest BCUT2D eigenvalue weighted by Gasteiger charge is 2.26. The predicted octanol–water partition coefficient (Wildman–Crippen LogP) is 3.82. The summed E-state index contributed by atoms with van der Waals surface area (Å²) < 4.78 is 0. The molecule has 0 aliphatic carbocycles. The van der Waals surface area contributed by atoms with E-state index in [0.717, 1.165) is 50.4 Å². The Kier molecular flexibility index (Phi) is 7.10. The van der Waals surface area contributed by atoms with Gasteiger partial charge in [0.2, 0.25) is 5.91 Å². The molecule has 0 spiro atoms. The number of piperazine rings is 1. The Morgan fingerprint density at radius 3 is 2.22 bits per heavy atom. The molecule has 2 fully saturated rings. The molecule has 0 radical (unpaired) electrons. The van der Waals surface area contributed by atoms with Crippen LogP contribution in [0.1, 0.15) is 40.7 Å². The van der Waals surface area contributed by atoms with Crippen LogP contribution in [0.25, 0.3) is 0 Å². The fourth-order valence-electron chi connectivity index (χ4n) is 4.52. The summed E-state index contributed by atoms with van der Waals surface area (Å²) in [6.45, 7) is 9.18. The van der Waals surface area contributed by atoms with Crippen LogP contribution >= 0.6 is 0 Å². The molecule has 0 unspecified atom stereocenters. The number of nitrogens with one attached hydrogen (secondary N) is 1. The number of hydrogen-bond donors (Lipinski definition) is 1. The zero-order valence-corrected chi connectivity index (χ0v) is 19.3. The molecule has 2 amide bonds. The lowest BCUT2D eigenvalue weighted by atomic mass is 10.1. The van der Waals surface area contributed by atoms with Gasteiger partial charge in [0.05, 0.1) is 17.8 Å². The summed E-state index contributed by atoms with van der Waals surface area (Å²) in [5.41, 5.74) is 4.93. The van der Waals surface area contributed by atoms with Crippen LogP contribution in [0.3, 0.4) is 0 Å². The van der Waals surface area contributed by atoms with E-state index in [4.69, 9.17) is 0 Å². The summed E-state index contributed by atoms with van der Waals surface area (Å²) in [7, 11) is 0. The number of rotatable bonds is 5. The minimum absolute atomic E-state index is 0.0420. The largest absolute Gasteiger partial charge is 0.355 e. The first-order chi connectivity index (χ1) is 15.5. The van der Waals surface area contributed by atoms with Crippen molar-refractivity contribution in [3.8, 4) is 0 Å². The van der Waals surface area contributed by atoms with E-state index in [1.807, 2.05) is 46.2 Å². The number of carbonyl (C=O) groups excluding carboxylic acids is 2. The van der Waals surface area contributed by atoms with Crippen LogP contribution in [0.2, 0.25) is 0 Å². The molecule has 2 heterocycles. The topological polar surface area (TPSA) is 55.9 Å². The van der Waals surface area contributed by atoms with Gasteiger partial charge in [-0.05, 0) is 62.4 Å². The maximum Gasteiger partial charge on any atom is 0.256 e. The predicted molar refractivity (Wildman–Crippen MR) is 128 cm³/mol. The number of benzene rings is 2. The first-order valence-corrected chi connectivity index (χ1v) is 11.7. The van der Waals surface area contributed by atoms with Crippen molar-refractivity contribution in [1.29, 1.82) is 0 Å². The lowest BCUT2D eigenvalue weighted by Gasteiger charge is -2.36. The zero-order chi connectivity index (χ0) is 22.5. The Balaban J connectivity index is 1.37. The molecule has 2 aliphatic heterocycles. The van der Waals surface area contributed by atoms with Gasteiger partial charge in [-0.1, -0.05) is 24.3 Å². The maximum atomic E-state index is 13.3. The fourth-order valence-corrected chi connectivity index (χ4v) is 4.52. The Bertz CT molecular complexity index is 960. The second-order valence-electron chi connectivity index (χ2n) is 8.93. The quantitative estimate of drug-likeness (QED) is 0.777. The molecule has 2 aromatic rings. The average molecular weight is 435 g/mol. The van der Waals surface area contributed by atoms with Crippen LogP contribution in [0, 0.1) is 13.8 Å². The number of likely N-dealkylation sites (tertiary alicyclic amines) is 1. The zero-order valence-electron chi connectivity index (χ0n) is 19.3. The molecular formula is C26H34N4O2. The minimum Gasteiger partial charge on any atom is -0.355 e. The van der Waals surface area contributed by atoms with Crippen molar-refractivity contribution in [1.82, 2.24) is 14.7 Å². The number of para-hydroxylation sites is 1. The standard InChI is InChI=1S/C26H34N4O2/c1-20-9-8-12-23(21(20)2)27-24-11-5-4-10-22(24)26(32)30-17-15-28(16-18-30)19-25(31)29-13-6-3-7-14-29/h4-5,8-12,27H,3,6-7,13-19H2,1-2H3. The van der Waals surface area contributed by atoms with Crippen molar-refractivity contribution in [3.63, 3.8) is 0 Å². The number of amides is 2. The number of carbonyl (C=O) groups is 2. The molecule has 32 heavy (non-hydrogen) atoms. The van der Waals surface area contributed by atoms with Crippen LogP contribution in [0.5, 0.6) is 0 Å². The number of aryl methyl sites for hydroxylation is 1. The Morgan fingerprint density at radius 1 is 0.781 bits per heavy atom. The second kappa shape index (κ2) is 10.2. The molecule has 1 N–H and O–H groups in total. The summed E-state index contributed by atoms with van der Waals surface area (Å²) in [5, 5.41) is 3.46. The molecule has 170 valence electrons. The first-order valence-electron chi connectivity index (χ1n) is 11.7. The number of hydrogen-bond acceptors (Lipinski definition) is 4. The lowest BCUT2D eigenvalue weighted by molar-refractivity contribution is -0.133. The van der Waals surface area contributed by atoms with E-state index < -0.39 is 0 Å². The average Bonchev–Trinajstić information content (AvgIpc) is 2.83. The van der Waals surface area contributed by atoms with Crippen molar-refractivity contribution < 1.29 is 9.59 Å². The van der Waals surface area contributed by atoms with E-state index in [1.54, 1.807) is 0 Å². The summed E-state index contributed by atoms with van der Waals surface area (Å²) in [6, 6.07) is 13.9. The third kappa shape index (κ3) is 5.13. The van der Waals surface area contributed by atoms with E-state index in [9.17, 15) is 9.59 Å². The van der Waals surface area contributed by atoms with Gasteiger partial charge in [-0.25, -0.2) is 0 Å². The van der Waals surface area contributed by atoms with Crippen molar-refractivity contribution in [2.45, 2.75) is 33.1 Å². The van der Waals surface area contributed by atoms with E-state index in [2.05, 4.69) is 30.1 Å². The SMILES string of the molecule is Cc1cccc(Nc2ccccc2C(=O)N2CCN(CC(=O)N3CCCCC3)CC2)c1C. The van der Waals surface area contributed by atoms with Crippen LogP contribution in [-0.4, -0.2) is 72.3 Å². The molecule has 2 aromatic carbocycles. The summed E-state index contributed by atoms with van der Waals surface area (Å²) >= 11 is 0. The third-order valence-electron chi connectivity index (χ3n) is 6.76. The first kappa shape index (κ1) is 22.3. The van der Waals surface area contributed by atoms with Gasteiger partial charge in [-0.2, -0.15) is 0 Å². The fraction of sp³-hybridized carbons (Fsp3) is 0.462. The highest BCUT2D eigenvalue weighted by molar-refractivity contribution is 6.00. The molecule has 0 atom stereocenters. The van der Waals surface area contributed by atoms with Gasteiger partial charge in [0.15, 0.2) is 0 Å². The molecule has 2 saturated heterocycles. The molecule has 0 bridgehead atoms. The normalized spacial score (nSPS) is 17.3. The van der Waals surface area contributed by atoms with Crippen molar-refractivity contribution in [2.75, 3.05) is 51.1 Å². The Morgan fingerprint density at radius 2 is 1.47 bits per heavy atom. The molecular weight excluding hydrogens is 400 g/mol. The van der Waals surface area contributed by atoms with Crippen LogP contribution in [0.4, 0.5) is 11.4 Å². The van der Waals surface area contributed by atoms with Gasteiger partial charge < -0.3 is 15.1 Å². The number of nitrogens with zero attached hydrogens (tertiary/aromatic N) is 3. The molecule has 0 aromatic heterocycles. The van der Waals surface area contributed by atoms with E-state index in [-0.39, 0.29) is 11.8 Å². The lowest BCUT2D eigenvalue weighted by Crippen LogP contribution is -2.52. The second-order valence-corrected chi connectivity index (χ2v) is 8.93. The van der Waals surface area contributed by atoms with Crippen LogP contribution in [0.15, 0.2) is 42.5 Å². The van der Waals surface area contributed by atoms with Crippen molar-refractivity contribution in [2.24, 2.45) is 0 Å². The van der Waals surface area contributed by atoms with Gasteiger partial charge >= 0.3 is 0 Å². The van der Waals surface area contributed by atoms with Gasteiger partial charge in [-0.15, -0.1) is 0 Å². The highest BCUT2D eigenvalue weighted by Crippen LogP contribution is 2.26. The number of piperidine rings is 1. The van der Waals surface area contributed by atoms with Crippen LogP contribution < -0.4 is 5.32 Å². The molecule has 6 nitrogen and oxygen atoms in total. The summed E-state index contributed by atoms with van der Waals surface area (Å²) in [5.74, 6) is 0.271. The Labute approximate surface area is 191 Å². The Hall–Kier alpha value is -2.86. The number of anilines is 2. The third-order valence-corrected chi connectivity index (χ3v) is 6.76. The van der Waals surface area contributed by atoms with Gasteiger partial charge in [0, 0.05) is 45.0 Å². The maximum absolute atomic E-state index is 13.3. The monoisotopic (exact) mass is 434 g/mol. The van der Waals surface area contributed by atoms with Crippen molar-refractivity contribution in [3.05, 3.63) is 59.2 Å². The van der Waals surface area contributed by atoms with Gasteiger partial charge in [0.1, 0.15) is 0 Å². The molecule has 4 rings (SSSR count). The highest BCUT2D eigenvalue weighted by atomic mass is 16.2.